The molecule has 0 heterocycles. The highest BCUT2D eigenvalue weighted by Crippen LogP contribution is 1.80. The van der Waals surface area contributed by atoms with E-state index in [1.54, 1.807) is 0 Å². The summed E-state index contributed by atoms with van der Waals surface area (Å²) < 4.78 is 23.6. The number of hydrogen-bond donors (Lipinski definition) is 1. The molecule has 0 atom stereocenters. The Bertz CT molecular complexity index is 215. The van der Waals surface area contributed by atoms with Gasteiger partial charge in [-0.1, -0.05) is 0 Å². The summed E-state index contributed by atoms with van der Waals surface area (Å²) in [7, 11) is -3.23. The largest absolute Gasteiger partial charge is 0.405 e. The molecule has 0 spiro atoms. The van der Waals surface area contributed by atoms with Crippen LogP contribution < -0.4 is 5.73 Å². The van der Waals surface area contributed by atoms with Crippen LogP contribution in [0.2, 0.25) is 0 Å². The van der Waals surface area contributed by atoms with Crippen molar-refractivity contribution in [3.63, 3.8) is 0 Å². The Morgan fingerprint density at radius 1 is 1.56 bits per heavy atom. The van der Waals surface area contributed by atoms with Gasteiger partial charge in [-0.05, 0) is 12.3 Å². The fraction of sp³-hybridized carbons (Fsp3) is 0.250. The Kier molecular flexibility index (Phi) is 2.94. The van der Waals surface area contributed by atoms with E-state index in [1.165, 1.54) is 12.3 Å². The van der Waals surface area contributed by atoms with Crippen molar-refractivity contribution in [2.24, 2.45) is 10.1 Å². The molecule has 0 aliphatic carbocycles. The first-order valence-corrected chi connectivity index (χ1v) is 4.03. The third-order valence-corrected chi connectivity index (χ3v) is 0.954. The summed E-state index contributed by atoms with van der Waals surface area (Å²) in [4.78, 5) is 0. The van der Waals surface area contributed by atoms with Crippen molar-refractivity contribution in [3.05, 3.63) is 12.3 Å². The van der Waals surface area contributed by atoms with Gasteiger partial charge in [0.15, 0.2) is 0 Å². The zero-order chi connectivity index (χ0) is 7.33. The van der Waals surface area contributed by atoms with Crippen molar-refractivity contribution in [1.29, 1.82) is 0 Å². The average molecular weight is 148 g/mol. The Balaban J connectivity index is 4.03. The zero-order valence-corrected chi connectivity index (χ0v) is 5.80. The minimum Gasteiger partial charge on any atom is -0.405 e. The third-order valence-electron chi connectivity index (χ3n) is 0.450. The van der Waals surface area contributed by atoms with E-state index in [0.29, 0.717) is 0 Å². The van der Waals surface area contributed by atoms with Gasteiger partial charge in [0.05, 0.1) is 6.26 Å². The van der Waals surface area contributed by atoms with Crippen molar-refractivity contribution in [2.45, 2.75) is 0 Å². The summed E-state index contributed by atoms with van der Waals surface area (Å²) in [6.45, 7) is 0. The van der Waals surface area contributed by atoms with Crippen LogP contribution in [0, 0.1) is 0 Å². The van der Waals surface area contributed by atoms with Crippen LogP contribution in [-0.2, 0) is 10.0 Å². The van der Waals surface area contributed by atoms with Crippen LogP contribution in [0.15, 0.2) is 16.7 Å². The molecule has 0 rings (SSSR count). The molecule has 0 saturated carbocycles. The topological polar surface area (TPSA) is 72.5 Å². The lowest BCUT2D eigenvalue weighted by atomic mass is 10.7. The van der Waals surface area contributed by atoms with E-state index in [4.69, 9.17) is 5.73 Å². The summed E-state index contributed by atoms with van der Waals surface area (Å²) in [6.07, 6.45) is 4.67. The maximum Gasteiger partial charge on any atom is 0.250 e. The van der Waals surface area contributed by atoms with Crippen LogP contribution in [0.5, 0.6) is 0 Å². The van der Waals surface area contributed by atoms with Gasteiger partial charge in [0.25, 0.3) is 0 Å². The van der Waals surface area contributed by atoms with Gasteiger partial charge in [-0.2, -0.15) is 4.40 Å². The van der Waals surface area contributed by atoms with Crippen LogP contribution in [-0.4, -0.2) is 20.9 Å². The molecule has 5 heteroatoms. The van der Waals surface area contributed by atoms with E-state index in [9.17, 15) is 8.42 Å². The van der Waals surface area contributed by atoms with Crippen molar-refractivity contribution in [3.8, 4) is 0 Å². The summed E-state index contributed by atoms with van der Waals surface area (Å²) >= 11 is 0. The standard InChI is InChI=1S/C4H8N2O2S/c1-9(7,8)6-4-2-3-5/h2-4H,5H2,1H3/b3-2-,6-4+. The first kappa shape index (κ1) is 8.16. The molecule has 4 nitrogen and oxygen atoms in total. The molecule has 0 saturated heterocycles. The fourth-order valence-electron chi connectivity index (χ4n) is 0.195. The van der Waals surface area contributed by atoms with E-state index in [-0.39, 0.29) is 0 Å². The first-order valence-electron chi connectivity index (χ1n) is 2.18. The molecule has 0 aliphatic rings. The zero-order valence-electron chi connectivity index (χ0n) is 4.98. The van der Waals surface area contributed by atoms with E-state index in [2.05, 4.69) is 4.40 Å². The molecule has 0 fully saturated rings. The normalized spacial score (nSPS) is 13.4. The highest BCUT2D eigenvalue weighted by molar-refractivity contribution is 7.89. The number of sulfonamides is 1. The third kappa shape index (κ3) is 7.16. The smallest absolute Gasteiger partial charge is 0.250 e. The van der Waals surface area contributed by atoms with E-state index in [1.807, 2.05) is 0 Å². The van der Waals surface area contributed by atoms with Gasteiger partial charge in [-0.15, -0.1) is 0 Å². The Morgan fingerprint density at radius 3 is 2.44 bits per heavy atom. The van der Waals surface area contributed by atoms with E-state index < -0.39 is 10.0 Å². The van der Waals surface area contributed by atoms with Crippen LogP contribution in [0.25, 0.3) is 0 Å². The molecule has 0 amide bonds. The Morgan fingerprint density at radius 2 is 2.11 bits per heavy atom. The minimum atomic E-state index is -3.23. The maximum absolute atomic E-state index is 10.2. The SMILES string of the molecule is CS(=O)(=O)/N=C/C=C\N. The maximum atomic E-state index is 10.2. The molecule has 9 heavy (non-hydrogen) atoms. The molecule has 0 radical (unpaired) electrons. The molecule has 0 bridgehead atoms. The second-order valence-electron chi connectivity index (χ2n) is 1.37. The first-order chi connectivity index (χ1) is 4.06. The molecule has 0 aromatic carbocycles. The van der Waals surface area contributed by atoms with Gasteiger partial charge in [0.2, 0.25) is 10.0 Å². The lowest BCUT2D eigenvalue weighted by Crippen LogP contribution is -1.89. The van der Waals surface area contributed by atoms with Crippen LogP contribution >= 0.6 is 0 Å². The predicted molar refractivity (Wildman–Crippen MR) is 36.7 cm³/mol. The van der Waals surface area contributed by atoms with Crippen molar-refractivity contribution < 1.29 is 8.42 Å². The quantitative estimate of drug-likeness (QED) is 0.536. The highest BCUT2D eigenvalue weighted by Gasteiger charge is 1.89. The van der Waals surface area contributed by atoms with Crippen LogP contribution in [0.4, 0.5) is 0 Å². The molecule has 2 N–H and O–H groups in total. The number of nitrogens with two attached hydrogens (primary N) is 1. The second kappa shape index (κ2) is 3.24. The fourth-order valence-corrected chi connectivity index (χ4v) is 0.487. The molecular formula is C4H8N2O2S. The van der Waals surface area contributed by atoms with Crippen LogP contribution in [0.1, 0.15) is 0 Å². The molecule has 52 valence electrons. The minimum absolute atomic E-state index is 1.01. The monoisotopic (exact) mass is 148 g/mol. The molecule has 0 aromatic heterocycles. The summed E-state index contributed by atoms with van der Waals surface area (Å²) in [5, 5.41) is 0. The number of rotatable bonds is 2. The lowest BCUT2D eigenvalue weighted by molar-refractivity contribution is 0.604. The van der Waals surface area contributed by atoms with Gasteiger partial charge in [0.1, 0.15) is 0 Å². The average Bonchev–Trinajstić information content (AvgIpc) is 1.63. The Hall–Kier alpha value is -0.840. The lowest BCUT2D eigenvalue weighted by Gasteiger charge is -1.79. The van der Waals surface area contributed by atoms with Gasteiger partial charge in [-0.3, -0.25) is 0 Å². The van der Waals surface area contributed by atoms with Crippen molar-refractivity contribution >= 4 is 16.2 Å². The van der Waals surface area contributed by atoms with Gasteiger partial charge in [-0.25, -0.2) is 8.42 Å². The van der Waals surface area contributed by atoms with Crippen LogP contribution in [0.3, 0.4) is 0 Å². The van der Waals surface area contributed by atoms with Gasteiger partial charge >= 0.3 is 0 Å². The Labute approximate surface area is 54.1 Å². The van der Waals surface area contributed by atoms with E-state index in [0.717, 1.165) is 12.5 Å². The molecule has 0 aliphatic heterocycles. The van der Waals surface area contributed by atoms with Crippen molar-refractivity contribution in [1.82, 2.24) is 0 Å². The summed E-state index contributed by atoms with van der Waals surface area (Å²) in [5.41, 5.74) is 4.89. The second-order valence-corrected chi connectivity index (χ2v) is 3.05. The number of allylic oxidation sites excluding steroid dienone is 1. The summed E-state index contributed by atoms with van der Waals surface area (Å²) in [6, 6.07) is 0. The van der Waals surface area contributed by atoms with Gasteiger partial charge in [0, 0.05) is 6.21 Å². The number of nitrogens with zero attached hydrogens (tertiary/aromatic N) is 1. The molecular weight excluding hydrogens is 140 g/mol. The van der Waals surface area contributed by atoms with Crippen molar-refractivity contribution in [2.75, 3.05) is 6.26 Å². The van der Waals surface area contributed by atoms with Gasteiger partial charge < -0.3 is 5.73 Å². The predicted octanol–water partition coefficient (Wildman–Crippen LogP) is -0.511. The molecule has 0 aromatic rings. The summed E-state index contributed by atoms with van der Waals surface area (Å²) in [5.74, 6) is 0. The number of hydrogen-bond acceptors (Lipinski definition) is 3. The highest BCUT2D eigenvalue weighted by atomic mass is 32.2. The van der Waals surface area contributed by atoms with E-state index >= 15 is 0 Å². The molecule has 0 unspecified atom stereocenters.